The van der Waals surface area contributed by atoms with Crippen molar-refractivity contribution >= 4 is 39.5 Å². The smallest absolute Gasteiger partial charge is 0.462 e. The lowest BCUT2D eigenvalue weighted by atomic mass is 9.99. The van der Waals surface area contributed by atoms with Crippen LogP contribution in [-0.2, 0) is 65.4 Å². The van der Waals surface area contributed by atoms with Gasteiger partial charge in [0.15, 0.2) is 12.2 Å². The topological polar surface area (TPSA) is 237 Å². The predicted molar refractivity (Wildman–Crippen MR) is 382 cm³/mol. The summed E-state index contributed by atoms with van der Waals surface area (Å²) < 4.78 is 68.3. The fraction of sp³-hybridized carbons (Fsp3) is 0.947. The molecule has 0 heterocycles. The van der Waals surface area contributed by atoms with Gasteiger partial charge in [-0.15, -0.1) is 0 Å². The van der Waals surface area contributed by atoms with Gasteiger partial charge in [0.25, 0.3) is 0 Å². The molecule has 0 spiro atoms. The highest BCUT2D eigenvalue weighted by Crippen LogP contribution is 2.45. The summed E-state index contributed by atoms with van der Waals surface area (Å²) in [5.41, 5.74) is 0. The number of carbonyl (C=O) groups excluding carboxylic acids is 4. The van der Waals surface area contributed by atoms with Crippen LogP contribution < -0.4 is 0 Å². The maximum Gasteiger partial charge on any atom is 0.472 e. The second-order valence-corrected chi connectivity index (χ2v) is 30.2. The predicted octanol–water partition coefficient (Wildman–Crippen LogP) is 22.1. The molecule has 17 nitrogen and oxygen atoms in total. The SMILES string of the molecule is CCCCCCCCCCCCCCCCCCCCCC(=O)O[C@H](COC(=O)CCCCCCCCCCCCCCCCC(C)CC)COP(=O)(O)OC[C@@H](O)COP(=O)(O)OC[C@@H](COC(=O)CCCCCCC)OC(=O)CCCCCCCCCCCCCC. The number of carbonyl (C=O) groups is 4. The normalized spacial score (nSPS) is 14.3. The Bertz CT molecular complexity index is 1810. The van der Waals surface area contributed by atoms with Gasteiger partial charge in [0.05, 0.1) is 26.4 Å². The van der Waals surface area contributed by atoms with Crippen molar-refractivity contribution in [2.24, 2.45) is 5.92 Å². The number of phosphoric ester groups is 2. The van der Waals surface area contributed by atoms with E-state index in [1.807, 2.05) is 0 Å². The average Bonchev–Trinajstić information content (AvgIpc) is 1.92. The van der Waals surface area contributed by atoms with Crippen molar-refractivity contribution in [3.8, 4) is 0 Å². The van der Waals surface area contributed by atoms with E-state index >= 15 is 0 Å². The summed E-state index contributed by atoms with van der Waals surface area (Å²) in [5.74, 6) is -1.28. The van der Waals surface area contributed by atoms with Crippen LogP contribution in [0.25, 0.3) is 0 Å². The van der Waals surface area contributed by atoms with E-state index in [9.17, 15) is 43.2 Å². The van der Waals surface area contributed by atoms with E-state index in [-0.39, 0.29) is 25.7 Å². The molecule has 0 rings (SSSR count). The Morgan fingerprint density at radius 2 is 0.511 bits per heavy atom. The quantitative estimate of drug-likeness (QED) is 0.0222. The first kappa shape index (κ1) is 92.1. The number of unbranched alkanes of at least 4 members (excludes halogenated alkanes) is 46. The third-order valence-corrected chi connectivity index (χ3v) is 19.8. The third-order valence-electron chi connectivity index (χ3n) is 17.9. The summed E-state index contributed by atoms with van der Waals surface area (Å²) >= 11 is 0. The van der Waals surface area contributed by atoms with Gasteiger partial charge in [-0.2, -0.15) is 0 Å². The van der Waals surface area contributed by atoms with Crippen molar-refractivity contribution in [3.63, 3.8) is 0 Å². The van der Waals surface area contributed by atoms with Crippen LogP contribution in [0.1, 0.15) is 394 Å². The molecule has 0 aliphatic heterocycles. The van der Waals surface area contributed by atoms with Gasteiger partial charge in [-0.3, -0.25) is 37.3 Å². The fourth-order valence-electron chi connectivity index (χ4n) is 11.5. The van der Waals surface area contributed by atoms with E-state index in [1.54, 1.807) is 0 Å². The molecular formula is C75H146O17P2. The van der Waals surface area contributed by atoms with Crippen LogP contribution in [0.4, 0.5) is 0 Å². The van der Waals surface area contributed by atoms with Gasteiger partial charge in [0.1, 0.15) is 19.3 Å². The van der Waals surface area contributed by atoms with Crippen LogP contribution in [0, 0.1) is 5.92 Å². The van der Waals surface area contributed by atoms with Gasteiger partial charge >= 0.3 is 39.5 Å². The zero-order chi connectivity index (χ0) is 69.1. The molecule has 19 heteroatoms. The van der Waals surface area contributed by atoms with Crippen molar-refractivity contribution in [2.45, 2.75) is 412 Å². The van der Waals surface area contributed by atoms with Crippen LogP contribution in [0.5, 0.6) is 0 Å². The highest BCUT2D eigenvalue weighted by atomic mass is 31.2. The van der Waals surface area contributed by atoms with Crippen LogP contribution in [0.3, 0.4) is 0 Å². The molecule has 0 fully saturated rings. The molecule has 0 radical (unpaired) electrons. The van der Waals surface area contributed by atoms with Gasteiger partial charge < -0.3 is 33.8 Å². The van der Waals surface area contributed by atoms with Crippen LogP contribution in [-0.4, -0.2) is 96.7 Å². The number of esters is 4. The summed E-state index contributed by atoms with van der Waals surface area (Å²) in [5, 5.41) is 10.6. The standard InChI is InChI=1S/C75H146O17P2/c1-6-10-13-16-18-20-22-24-25-26-27-28-29-34-38-42-46-51-56-61-75(80)92-71(65-86-73(78)59-54-49-44-40-37-33-31-30-32-35-39-43-48-52-57-68(5)9-4)67-90-94(83,84)88-63-69(76)62-87-93(81,82)89-66-70(64-85-72(77)58-53-47-15-12-8-3)91-74(79)60-55-50-45-41-36-23-21-19-17-14-11-7-2/h68-71,76H,6-67H2,1-5H3,(H,81,82)(H,83,84)/t68?,69-,70+,71+/m0/s1. The van der Waals surface area contributed by atoms with Gasteiger partial charge in [-0.25, -0.2) is 9.13 Å². The monoisotopic (exact) mass is 1380 g/mol. The van der Waals surface area contributed by atoms with Gasteiger partial charge in [0, 0.05) is 25.7 Å². The lowest BCUT2D eigenvalue weighted by molar-refractivity contribution is -0.161. The number of hydrogen-bond donors (Lipinski definition) is 3. The number of ether oxygens (including phenoxy) is 4. The fourth-order valence-corrected chi connectivity index (χ4v) is 13.1. The molecule has 0 bridgehead atoms. The van der Waals surface area contributed by atoms with Crippen molar-refractivity contribution in [1.82, 2.24) is 0 Å². The molecule has 3 unspecified atom stereocenters. The van der Waals surface area contributed by atoms with Crippen molar-refractivity contribution < 1.29 is 80.2 Å². The van der Waals surface area contributed by atoms with Crippen molar-refractivity contribution in [3.05, 3.63) is 0 Å². The van der Waals surface area contributed by atoms with Crippen LogP contribution in [0.15, 0.2) is 0 Å². The molecule has 0 aliphatic rings. The molecular weight excluding hydrogens is 1230 g/mol. The highest BCUT2D eigenvalue weighted by molar-refractivity contribution is 7.47. The number of rotatable bonds is 75. The first-order valence-corrected chi connectivity index (χ1v) is 42.2. The molecule has 6 atom stereocenters. The number of phosphoric acid groups is 2. The minimum Gasteiger partial charge on any atom is -0.462 e. The molecule has 0 aromatic rings. The summed E-state index contributed by atoms with van der Waals surface area (Å²) in [6.07, 6.45) is 57.2. The molecule has 558 valence electrons. The molecule has 3 N–H and O–H groups in total. The van der Waals surface area contributed by atoms with E-state index in [2.05, 4.69) is 34.6 Å². The second-order valence-electron chi connectivity index (χ2n) is 27.3. The maximum atomic E-state index is 13.1. The zero-order valence-corrected chi connectivity index (χ0v) is 62.9. The van der Waals surface area contributed by atoms with E-state index in [1.165, 1.54) is 212 Å². The van der Waals surface area contributed by atoms with Gasteiger partial charge in [-0.05, 0) is 31.6 Å². The first-order valence-electron chi connectivity index (χ1n) is 39.2. The maximum absolute atomic E-state index is 13.1. The van der Waals surface area contributed by atoms with Crippen LogP contribution in [0.2, 0.25) is 0 Å². The summed E-state index contributed by atoms with van der Waals surface area (Å²) in [7, 11) is -9.90. The van der Waals surface area contributed by atoms with E-state index in [0.717, 1.165) is 102 Å². The highest BCUT2D eigenvalue weighted by Gasteiger charge is 2.30. The molecule has 0 saturated heterocycles. The Morgan fingerprint density at radius 3 is 0.755 bits per heavy atom. The summed E-state index contributed by atoms with van der Waals surface area (Å²) in [6.45, 7) is 7.25. The average molecular weight is 1380 g/mol. The second kappa shape index (κ2) is 68.2. The Balaban J connectivity index is 5.14. The summed E-state index contributed by atoms with van der Waals surface area (Å²) in [6, 6.07) is 0. The van der Waals surface area contributed by atoms with E-state index < -0.39 is 97.5 Å². The zero-order valence-electron chi connectivity index (χ0n) is 61.1. The summed E-state index contributed by atoms with van der Waals surface area (Å²) in [4.78, 5) is 72.5. The largest absolute Gasteiger partial charge is 0.472 e. The minimum absolute atomic E-state index is 0.107. The minimum atomic E-state index is -4.95. The lowest BCUT2D eigenvalue weighted by Crippen LogP contribution is -2.30. The Hall–Kier alpha value is -1.94. The Labute approximate surface area is 575 Å². The molecule has 94 heavy (non-hydrogen) atoms. The van der Waals surface area contributed by atoms with Gasteiger partial charge in [-0.1, -0.05) is 343 Å². The number of hydrogen-bond acceptors (Lipinski definition) is 15. The molecule has 0 aromatic heterocycles. The van der Waals surface area contributed by atoms with Crippen LogP contribution >= 0.6 is 15.6 Å². The molecule has 0 amide bonds. The first-order chi connectivity index (χ1) is 45.6. The number of aliphatic hydroxyl groups is 1. The number of aliphatic hydroxyl groups excluding tert-OH is 1. The van der Waals surface area contributed by atoms with Crippen molar-refractivity contribution in [1.29, 1.82) is 0 Å². The molecule has 0 aromatic carbocycles. The van der Waals surface area contributed by atoms with E-state index in [4.69, 9.17) is 37.0 Å². The van der Waals surface area contributed by atoms with E-state index in [0.29, 0.717) is 25.7 Å². The molecule has 0 aliphatic carbocycles. The Morgan fingerprint density at radius 1 is 0.298 bits per heavy atom. The Kier molecular flexibility index (Phi) is 66.8. The van der Waals surface area contributed by atoms with Crippen molar-refractivity contribution in [2.75, 3.05) is 39.6 Å². The molecule has 0 saturated carbocycles. The third kappa shape index (κ3) is 67.3. The lowest BCUT2D eigenvalue weighted by Gasteiger charge is -2.21. The van der Waals surface area contributed by atoms with Gasteiger partial charge in [0.2, 0.25) is 0 Å².